The molecule has 0 atom stereocenters. The lowest BCUT2D eigenvalue weighted by Gasteiger charge is -1.92. The van der Waals surface area contributed by atoms with Crippen LogP contribution < -0.4 is 0 Å². The van der Waals surface area contributed by atoms with E-state index in [1.165, 1.54) is 6.92 Å². The molecule has 0 fully saturated rings. The van der Waals surface area contributed by atoms with Gasteiger partial charge in [0.15, 0.2) is 5.58 Å². The van der Waals surface area contributed by atoms with Crippen molar-refractivity contribution in [2.45, 2.75) is 12.3 Å². The van der Waals surface area contributed by atoms with Crippen molar-refractivity contribution in [2.24, 2.45) is 0 Å². The third-order valence-corrected chi connectivity index (χ3v) is 2.55. The van der Waals surface area contributed by atoms with E-state index in [1.54, 1.807) is 6.07 Å². The van der Waals surface area contributed by atoms with E-state index >= 15 is 0 Å². The van der Waals surface area contributed by atoms with E-state index < -0.39 is 0 Å². The lowest BCUT2D eigenvalue weighted by Crippen LogP contribution is -1.90. The molecule has 0 saturated heterocycles. The quantitative estimate of drug-likeness (QED) is 0.611. The first kappa shape index (κ1) is 9.40. The summed E-state index contributed by atoms with van der Waals surface area (Å²) in [5.74, 6) is 0.0233. The number of aromatic nitrogens is 1. The van der Waals surface area contributed by atoms with E-state index in [1.807, 2.05) is 12.1 Å². The van der Waals surface area contributed by atoms with Gasteiger partial charge >= 0.3 is 0 Å². The average molecular weight is 254 g/mol. The smallest absolute Gasteiger partial charge is 0.263 e. The number of oxazole rings is 1. The maximum absolute atomic E-state index is 11.0. The molecular formula is C10H8BrNO2. The van der Waals surface area contributed by atoms with Crippen molar-refractivity contribution in [2.75, 3.05) is 0 Å². The van der Waals surface area contributed by atoms with E-state index in [9.17, 15) is 4.79 Å². The van der Waals surface area contributed by atoms with Crippen LogP contribution >= 0.6 is 15.9 Å². The number of hydrogen-bond acceptors (Lipinski definition) is 3. The van der Waals surface area contributed by atoms with Gasteiger partial charge in [-0.05, 0) is 11.6 Å². The molecule has 0 amide bonds. The van der Waals surface area contributed by atoms with Crippen LogP contribution in [-0.4, -0.2) is 10.8 Å². The maximum atomic E-state index is 11.0. The number of para-hydroxylation sites is 1. The molecule has 0 N–H and O–H groups in total. The van der Waals surface area contributed by atoms with Crippen LogP contribution in [0.4, 0.5) is 0 Å². The summed E-state index contributed by atoms with van der Waals surface area (Å²) in [6, 6.07) is 5.64. The highest BCUT2D eigenvalue weighted by Gasteiger charge is 2.11. The van der Waals surface area contributed by atoms with Crippen LogP contribution in [0.3, 0.4) is 0 Å². The molecule has 2 aromatic rings. The van der Waals surface area contributed by atoms with Crippen molar-refractivity contribution in [3.05, 3.63) is 29.7 Å². The highest BCUT2D eigenvalue weighted by atomic mass is 79.9. The molecule has 4 heteroatoms. The first-order valence-electron chi connectivity index (χ1n) is 4.17. The minimum Gasteiger partial charge on any atom is -0.434 e. The highest BCUT2D eigenvalue weighted by Crippen LogP contribution is 2.21. The molecule has 0 bridgehead atoms. The number of carbonyl (C=O) groups is 1. The van der Waals surface area contributed by atoms with Gasteiger partial charge in [0.25, 0.3) is 5.89 Å². The Morgan fingerprint density at radius 3 is 3.00 bits per heavy atom. The zero-order chi connectivity index (χ0) is 10.1. The van der Waals surface area contributed by atoms with Crippen molar-refractivity contribution >= 4 is 32.8 Å². The summed E-state index contributed by atoms with van der Waals surface area (Å²) < 4.78 is 5.29. The van der Waals surface area contributed by atoms with Crippen molar-refractivity contribution in [1.29, 1.82) is 0 Å². The molecule has 0 aliphatic heterocycles. The molecule has 0 aliphatic rings. The van der Waals surface area contributed by atoms with Gasteiger partial charge in [-0.25, -0.2) is 4.98 Å². The Labute approximate surface area is 89.3 Å². The molecule has 0 saturated carbocycles. The van der Waals surface area contributed by atoms with E-state index in [2.05, 4.69) is 20.9 Å². The molecule has 3 nitrogen and oxygen atoms in total. The van der Waals surface area contributed by atoms with Gasteiger partial charge in [-0.3, -0.25) is 4.79 Å². The van der Waals surface area contributed by atoms with Crippen molar-refractivity contribution in [1.82, 2.24) is 4.98 Å². The van der Waals surface area contributed by atoms with Gasteiger partial charge in [0, 0.05) is 12.3 Å². The van der Waals surface area contributed by atoms with Gasteiger partial charge < -0.3 is 4.42 Å². The number of carbonyl (C=O) groups excluding carboxylic acids is 1. The summed E-state index contributed by atoms with van der Waals surface area (Å²) in [6.07, 6.45) is 0. The molecule has 0 unspecified atom stereocenters. The van der Waals surface area contributed by atoms with Gasteiger partial charge in [-0.1, -0.05) is 28.1 Å². The molecular weight excluding hydrogens is 246 g/mol. The second-order valence-corrected chi connectivity index (χ2v) is 3.53. The topological polar surface area (TPSA) is 43.1 Å². The van der Waals surface area contributed by atoms with Crippen LogP contribution in [-0.2, 0) is 5.33 Å². The van der Waals surface area contributed by atoms with Gasteiger partial charge in [0.2, 0.25) is 5.78 Å². The summed E-state index contributed by atoms with van der Waals surface area (Å²) >= 11 is 3.36. The summed E-state index contributed by atoms with van der Waals surface area (Å²) in [5, 5.41) is 0.703. The first-order valence-corrected chi connectivity index (χ1v) is 5.30. The molecule has 0 radical (unpaired) electrons. The zero-order valence-corrected chi connectivity index (χ0v) is 9.17. The fourth-order valence-corrected chi connectivity index (χ4v) is 1.72. The Morgan fingerprint density at radius 1 is 1.57 bits per heavy atom. The summed E-state index contributed by atoms with van der Waals surface area (Å²) in [6.45, 7) is 1.44. The number of Topliss-reactive ketones (excluding diaryl/α,β-unsaturated/α-hetero) is 1. The van der Waals surface area contributed by atoms with Gasteiger partial charge in [-0.15, -0.1) is 0 Å². The Balaban J connectivity index is 2.70. The van der Waals surface area contributed by atoms with Crippen molar-refractivity contribution in [3.63, 3.8) is 0 Å². The molecule has 14 heavy (non-hydrogen) atoms. The van der Waals surface area contributed by atoms with Crippen LogP contribution in [0.15, 0.2) is 22.6 Å². The third-order valence-electron chi connectivity index (χ3n) is 1.95. The fourth-order valence-electron chi connectivity index (χ4n) is 1.26. The zero-order valence-electron chi connectivity index (χ0n) is 7.58. The van der Waals surface area contributed by atoms with Gasteiger partial charge in [-0.2, -0.15) is 0 Å². The largest absolute Gasteiger partial charge is 0.434 e. The van der Waals surface area contributed by atoms with E-state index in [0.717, 1.165) is 11.1 Å². The molecule has 72 valence electrons. The van der Waals surface area contributed by atoms with E-state index in [4.69, 9.17) is 4.42 Å². The second kappa shape index (κ2) is 3.53. The lowest BCUT2D eigenvalue weighted by atomic mass is 10.2. The Kier molecular flexibility index (Phi) is 2.37. The van der Waals surface area contributed by atoms with Crippen molar-refractivity contribution < 1.29 is 9.21 Å². The minimum atomic E-state index is -0.151. The molecule has 1 heterocycles. The number of benzene rings is 1. The summed E-state index contributed by atoms with van der Waals surface area (Å²) in [7, 11) is 0. The number of fused-ring (bicyclic) bond motifs is 1. The molecule has 1 aromatic carbocycles. The fraction of sp³-hybridized carbons (Fsp3) is 0.200. The third kappa shape index (κ3) is 1.46. The van der Waals surface area contributed by atoms with E-state index in [-0.39, 0.29) is 11.7 Å². The predicted molar refractivity (Wildman–Crippen MR) is 56.6 cm³/mol. The average Bonchev–Trinajstić information content (AvgIpc) is 2.60. The second-order valence-electron chi connectivity index (χ2n) is 2.97. The van der Waals surface area contributed by atoms with Crippen LogP contribution in [0.5, 0.6) is 0 Å². The summed E-state index contributed by atoms with van der Waals surface area (Å²) in [4.78, 5) is 15.2. The lowest BCUT2D eigenvalue weighted by molar-refractivity contribution is 0.0983. The highest BCUT2D eigenvalue weighted by molar-refractivity contribution is 9.08. The predicted octanol–water partition coefficient (Wildman–Crippen LogP) is 2.93. The standard InChI is InChI=1S/C10H8BrNO2/c1-6(13)10-12-9-7(5-11)3-2-4-8(9)14-10/h2-4H,5H2,1H3. The van der Waals surface area contributed by atoms with Gasteiger partial charge in [0.05, 0.1) is 0 Å². The van der Waals surface area contributed by atoms with Crippen LogP contribution in [0.25, 0.3) is 11.1 Å². The Morgan fingerprint density at radius 2 is 2.36 bits per heavy atom. The van der Waals surface area contributed by atoms with Crippen molar-refractivity contribution in [3.8, 4) is 0 Å². The Bertz CT molecular complexity index is 490. The van der Waals surface area contributed by atoms with E-state index in [0.29, 0.717) is 10.9 Å². The first-order chi connectivity index (χ1) is 6.72. The number of rotatable bonds is 2. The number of alkyl halides is 1. The molecule has 1 aromatic heterocycles. The van der Waals surface area contributed by atoms with Crippen LogP contribution in [0.2, 0.25) is 0 Å². The number of halogens is 1. The number of ketones is 1. The van der Waals surface area contributed by atoms with Gasteiger partial charge in [0.1, 0.15) is 5.52 Å². The van der Waals surface area contributed by atoms with Crippen LogP contribution in [0.1, 0.15) is 23.2 Å². The summed E-state index contributed by atoms with van der Waals surface area (Å²) in [5.41, 5.74) is 2.44. The minimum absolute atomic E-state index is 0.151. The Hall–Kier alpha value is -1.16. The molecule has 0 aliphatic carbocycles. The normalized spacial score (nSPS) is 10.7. The monoisotopic (exact) mass is 253 g/mol. The van der Waals surface area contributed by atoms with Crippen LogP contribution in [0, 0.1) is 0 Å². The molecule has 2 rings (SSSR count). The SMILES string of the molecule is CC(=O)c1nc2c(CBr)cccc2o1. The number of hydrogen-bond donors (Lipinski definition) is 0. The maximum Gasteiger partial charge on any atom is 0.263 e. The molecule has 0 spiro atoms. The number of nitrogens with zero attached hydrogens (tertiary/aromatic N) is 1.